The molecule has 0 aromatic rings. The Kier molecular flexibility index (Phi) is 3.83. The molecule has 0 bridgehead atoms. The van der Waals surface area contributed by atoms with Crippen LogP contribution >= 0.6 is 7.60 Å². The Morgan fingerprint density at radius 3 is 1.92 bits per heavy atom. The molecule has 1 unspecified atom stereocenters. The van der Waals surface area contributed by atoms with Crippen LogP contribution in [0, 0.1) is 0 Å². The van der Waals surface area contributed by atoms with Gasteiger partial charge in [-0.2, -0.15) is 8.42 Å². The summed E-state index contributed by atoms with van der Waals surface area (Å²) < 4.78 is 39.4. The molecule has 0 aliphatic heterocycles. The minimum Gasteiger partial charge on any atom is -0.329 e. The number of nitrogens with two attached hydrogens (primary N) is 1. The van der Waals surface area contributed by atoms with Gasteiger partial charge in [-0.15, -0.1) is 0 Å². The van der Waals surface area contributed by atoms with Gasteiger partial charge in [0, 0.05) is 6.54 Å². The summed E-state index contributed by atoms with van der Waals surface area (Å²) in [5, 5.41) is -1.60. The van der Waals surface area contributed by atoms with Crippen molar-refractivity contribution in [2.75, 3.05) is 12.7 Å². The highest BCUT2D eigenvalue weighted by atomic mass is 32.2. The fourth-order valence-corrected chi connectivity index (χ4v) is 2.81. The second kappa shape index (κ2) is 3.82. The lowest BCUT2D eigenvalue weighted by Crippen LogP contribution is -2.32. The molecule has 0 rings (SSSR count). The van der Waals surface area contributed by atoms with E-state index in [9.17, 15) is 13.0 Å². The van der Waals surface area contributed by atoms with Gasteiger partial charge in [-0.1, -0.05) is 0 Å². The molecule has 0 aromatic carbocycles. The number of rotatable bonds is 4. The van der Waals surface area contributed by atoms with Crippen molar-refractivity contribution in [2.24, 2.45) is 5.73 Å². The lowest BCUT2D eigenvalue weighted by Gasteiger charge is -2.11. The van der Waals surface area contributed by atoms with Crippen molar-refractivity contribution in [3.8, 4) is 0 Å². The van der Waals surface area contributed by atoms with Crippen molar-refractivity contribution < 1.29 is 27.3 Å². The van der Waals surface area contributed by atoms with Gasteiger partial charge in [-0.25, -0.2) is 0 Å². The van der Waals surface area contributed by atoms with E-state index in [0.717, 1.165) is 0 Å². The average molecular weight is 219 g/mol. The smallest absolute Gasteiger partial charge is 0.327 e. The summed E-state index contributed by atoms with van der Waals surface area (Å²) in [5.74, 6) is 0. The zero-order valence-corrected chi connectivity index (χ0v) is 7.70. The van der Waals surface area contributed by atoms with Crippen LogP contribution in [0.4, 0.5) is 0 Å². The fraction of sp³-hybridized carbons (Fsp3) is 1.00. The zero-order valence-electron chi connectivity index (χ0n) is 5.99. The summed E-state index contributed by atoms with van der Waals surface area (Å²) in [7, 11) is -8.92. The molecular formula is C3H10NO6PS. The summed E-state index contributed by atoms with van der Waals surface area (Å²) in [6.07, 6.45) is -0.956. The van der Waals surface area contributed by atoms with E-state index in [1.165, 1.54) is 0 Å². The maximum absolute atomic E-state index is 10.4. The first-order valence-corrected chi connectivity index (χ1v) is 6.18. The van der Waals surface area contributed by atoms with Gasteiger partial charge in [0.15, 0.2) is 0 Å². The second-order valence-electron chi connectivity index (χ2n) is 2.22. The minimum atomic E-state index is -4.47. The van der Waals surface area contributed by atoms with Crippen LogP contribution in [-0.4, -0.2) is 40.7 Å². The Bertz CT molecular complexity index is 279. The van der Waals surface area contributed by atoms with Crippen LogP contribution in [0.1, 0.15) is 0 Å². The van der Waals surface area contributed by atoms with E-state index in [4.69, 9.17) is 20.1 Å². The van der Waals surface area contributed by atoms with E-state index in [2.05, 4.69) is 0 Å². The molecule has 7 nitrogen and oxygen atoms in total. The predicted molar refractivity (Wildman–Crippen MR) is 41.3 cm³/mol. The highest BCUT2D eigenvalue weighted by Gasteiger charge is 2.29. The number of hydrogen-bond acceptors (Lipinski definition) is 4. The van der Waals surface area contributed by atoms with E-state index >= 15 is 0 Å². The first kappa shape index (κ1) is 12.0. The van der Waals surface area contributed by atoms with Crippen LogP contribution in [0.15, 0.2) is 0 Å². The van der Waals surface area contributed by atoms with E-state index in [1.54, 1.807) is 0 Å². The van der Waals surface area contributed by atoms with Gasteiger partial charge in [-0.05, 0) is 0 Å². The standard InChI is InChI=1S/C3H10NO6PS/c4-1-3(12(8,9)10)2-11(5,6)7/h3H,1-2,4H2,(H2,5,6,7)(H,8,9,10). The fourth-order valence-electron chi connectivity index (χ4n) is 0.556. The molecule has 0 aromatic heterocycles. The topological polar surface area (TPSA) is 138 Å². The van der Waals surface area contributed by atoms with Crippen molar-refractivity contribution in [1.82, 2.24) is 0 Å². The van der Waals surface area contributed by atoms with Gasteiger partial charge in [-0.3, -0.25) is 9.12 Å². The monoisotopic (exact) mass is 219 g/mol. The third-order valence-electron chi connectivity index (χ3n) is 1.13. The van der Waals surface area contributed by atoms with Gasteiger partial charge in [0.05, 0.1) is 6.16 Å². The van der Waals surface area contributed by atoms with Crippen molar-refractivity contribution in [2.45, 2.75) is 5.25 Å². The lowest BCUT2D eigenvalue weighted by molar-refractivity contribution is 0.369. The van der Waals surface area contributed by atoms with Gasteiger partial charge >= 0.3 is 7.60 Å². The summed E-state index contributed by atoms with van der Waals surface area (Å²) in [5.41, 5.74) is 4.88. The Balaban J connectivity index is 4.53. The van der Waals surface area contributed by atoms with E-state index < -0.39 is 35.7 Å². The lowest BCUT2D eigenvalue weighted by atomic mass is 10.5. The van der Waals surface area contributed by atoms with Gasteiger partial charge in [0.2, 0.25) is 0 Å². The average Bonchev–Trinajstić information content (AvgIpc) is 1.78. The normalized spacial score (nSPS) is 16.0. The Morgan fingerprint density at radius 1 is 1.42 bits per heavy atom. The molecule has 0 heterocycles. The molecular weight excluding hydrogens is 209 g/mol. The SMILES string of the molecule is NCC(CP(=O)(O)O)S(=O)(=O)O. The molecule has 9 heteroatoms. The summed E-state index contributed by atoms with van der Waals surface area (Å²) in [6, 6.07) is 0. The third kappa shape index (κ3) is 4.81. The Hall–Kier alpha value is 0.0200. The molecule has 0 spiro atoms. The predicted octanol–water partition coefficient (Wildman–Crippen LogP) is -1.62. The van der Waals surface area contributed by atoms with E-state index in [-0.39, 0.29) is 0 Å². The van der Waals surface area contributed by atoms with Crippen LogP contribution in [0.25, 0.3) is 0 Å². The van der Waals surface area contributed by atoms with E-state index in [1.807, 2.05) is 0 Å². The van der Waals surface area contributed by atoms with Crippen LogP contribution < -0.4 is 5.73 Å². The maximum Gasteiger partial charge on any atom is 0.327 e. The van der Waals surface area contributed by atoms with E-state index in [0.29, 0.717) is 0 Å². The third-order valence-corrected chi connectivity index (χ3v) is 3.49. The first-order valence-electron chi connectivity index (χ1n) is 2.88. The summed E-state index contributed by atoms with van der Waals surface area (Å²) in [6.45, 7) is -0.524. The quantitative estimate of drug-likeness (QED) is 0.329. The zero-order chi connectivity index (χ0) is 9.99. The summed E-state index contributed by atoms with van der Waals surface area (Å²) >= 11 is 0. The van der Waals surface area contributed by atoms with Crippen molar-refractivity contribution in [3.05, 3.63) is 0 Å². The number of hydrogen-bond donors (Lipinski definition) is 4. The van der Waals surface area contributed by atoms with Crippen LogP contribution in [0.2, 0.25) is 0 Å². The van der Waals surface area contributed by atoms with Crippen molar-refractivity contribution in [3.63, 3.8) is 0 Å². The molecule has 0 aliphatic carbocycles. The Morgan fingerprint density at radius 2 is 1.83 bits per heavy atom. The van der Waals surface area contributed by atoms with Gasteiger partial charge in [0.25, 0.3) is 10.1 Å². The van der Waals surface area contributed by atoms with Gasteiger partial charge in [0.1, 0.15) is 5.25 Å². The largest absolute Gasteiger partial charge is 0.329 e. The summed E-state index contributed by atoms with van der Waals surface area (Å²) in [4.78, 5) is 16.7. The molecule has 12 heavy (non-hydrogen) atoms. The molecule has 0 radical (unpaired) electrons. The first-order chi connectivity index (χ1) is 5.17. The maximum atomic E-state index is 10.4. The molecule has 0 saturated heterocycles. The van der Waals surface area contributed by atoms with Crippen LogP contribution in [0.3, 0.4) is 0 Å². The molecule has 0 fully saturated rings. The molecule has 5 N–H and O–H groups in total. The van der Waals surface area contributed by atoms with Crippen LogP contribution in [0.5, 0.6) is 0 Å². The van der Waals surface area contributed by atoms with Crippen molar-refractivity contribution in [1.29, 1.82) is 0 Å². The highest BCUT2D eigenvalue weighted by Crippen LogP contribution is 2.36. The highest BCUT2D eigenvalue weighted by molar-refractivity contribution is 7.86. The Labute approximate surface area is 69.5 Å². The molecule has 74 valence electrons. The van der Waals surface area contributed by atoms with Crippen LogP contribution in [-0.2, 0) is 14.7 Å². The minimum absolute atomic E-state index is 0.524. The molecule has 0 amide bonds. The molecule has 0 saturated carbocycles. The van der Waals surface area contributed by atoms with Crippen molar-refractivity contribution >= 4 is 17.7 Å². The van der Waals surface area contributed by atoms with Gasteiger partial charge < -0.3 is 15.5 Å². The second-order valence-corrected chi connectivity index (χ2v) is 5.61. The molecule has 1 atom stereocenters. The molecule has 0 aliphatic rings.